The van der Waals surface area contributed by atoms with Crippen molar-refractivity contribution in [1.29, 1.82) is 0 Å². The van der Waals surface area contributed by atoms with Gasteiger partial charge in [-0.3, -0.25) is 9.67 Å². The second-order valence-corrected chi connectivity index (χ2v) is 6.25. The maximum absolute atomic E-state index is 5.96. The summed E-state index contributed by atoms with van der Waals surface area (Å²) < 4.78 is 7.81. The number of rotatable bonds is 6. The monoisotopic (exact) mass is 470 g/mol. The first-order valence-electron chi connectivity index (χ1n) is 8.77. The van der Waals surface area contributed by atoms with Crippen LogP contribution in [0.1, 0.15) is 36.9 Å². The zero-order valence-corrected chi connectivity index (χ0v) is 17.6. The average Bonchev–Trinajstić information content (AvgIpc) is 3.27. The van der Waals surface area contributed by atoms with Crippen molar-refractivity contribution in [3.05, 3.63) is 41.9 Å². The van der Waals surface area contributed by atoms with E-state index in [0.29, 0.717) is 25.1 Å². The number of hydrogen-bond acceptors (Lipinski definition) is 4. The van der Waals surface area contributed by atoms with Crippen LogP contribution in [0.15, 0.2) is 35.6 Å². The molecule has 2 aromatic heterocycles. The number of nitrogens with one attached hydrogen (secondary N) is 2. The molecule has 2 N–H and O–H groups in total. The van der Waals surface area contributed by atoms with Gasteiger partial charge in [0.15, 0.2) is 5.96 Å². The Morgan fingerprint density at radius 2 is 2.00 bits per heavy atom. The predicted octanol–water partition coefficient (Wildman–Crippen LogP) is 2.62. The Morgan fingerprint density at radius 3 is 2.69 bits per heavy atom. The number of aryl methyl sites for hydroxylation is 1. The fourth-order valence-electron chi connectivity index (χ4n) is 2.96. The number of aliphatic imine (C=N–C) groups is 1. The van der Waals surface area contributed by atoms with E-state index in [0.717, 1.165) is 30.1 Å². The molecule has 8 heteroatoms. The van der Waals surface area contributed by atoms with Crippen LogP contribution in [0.5, 0.6) is 5.88 Å². The van der Waals surface area contributed by atoms with Gasteiger partial charge in [-0.1, -0.05) is 0 Å². The molecular weight excluding hydrogens is 443 g/mol. The Bertz CT molecular complexity index is 711. The van der Waals surface area contributed by atoms with Gasteiger partial charge in [-0.05, 0) is 43.4 Å². The van der Waals surface area contributed by atoms with Gasteiger partial charge in [-0.2, -0.15) is 5.10 Å². The summed E-state index contributed by atoms with van der Waals surface area (Å²) in [5, 5.41) is 10.8. The number of aromatic nitrogens is 3. The van der Waals surface area contributed by atoms with Gasteiger partial charge in [0.2, 0.25) is 5.88 Å². The van der Waals surface area contributed by atoms with E-state index in [2.05, 4.69) is 25.7 Å². The maximum Gasteiger partial charge on any atom is 0.213 e. The first-order chi connectivity index (χ1) is 12.2. The standard InChI is InChI=1S/C18H26N6O.HI/c1-19-18(22-13-15-8-10-23-24(15)2)21-12-14-7-9-20-17(11-14)25-16-5-3-4-6-16;/h7-11,16H,3-6,12-13H2,1-2H3,(H2,19,21,22);1H. The molecule has 7 nitrogen and oxygen atoms in total. The van der Waals surface area contributed by atoms with E-state index in [9.17, 15) is 0 Å². The van der Waals surface area contributed by atoms with Crippen LogP contribution in [-0.2, 0) is 20.1 Å². The summed E-state index contributed by atoms with van der Waals surface area (Å²) in [7, 11) is 3.69. The Labute approximate surface area is 171 Å². The molecule has 0 amide bonds. The van der Waals surface area contributed by atoms with E-state index >= 15 is 0 Å². The first kappa shape index (κ1) is 20.5. The lowest BCUT2D eigenvalue weighted by atomic mass is 10.2. The molecule has 0 saturated heterocycles. The highest BCUT2D eigenvalue weighted by Gasteiger charge is 2.17. The van der Waals surface area contributed by atoms with Crippen LogP contribution in [0, 0.1) is 0 Å². The van der Waals surface area contributed by atoms with Gasteiger partial charge < -0.3 is 15.4 Å². The molecule has 0 spiro atoms. The molecule has 0 radical (unpaired) electrons. The molecule has 3 rings (SSSR count). The Hall–Kier alpha value is -1.84. The molecule has 0 atom stereocenters. The third-order valence-corrected chi connectivity index (χ3v) is 4.43. The van der Waals surface area contributed by atoms with Crippen molar-refractivity contribution in [2.75, 3.05) is 7.05 Å². The lowest BCUT2D eigenvalue weighted by molar-refractivity contribution is 0.201. The SMILES string of the molecule is CN=C(NCc1ccnc(OC2CCCC2)c1)NCc1ccnn1C.I. The largest absolute Gasteiger partial charge is 0.474 e. The quantitative estimate of drug-likeness (QED) is 0.386. The third-order valence-electron chi connectivity index (χ3n) is 4.43. The van der Waals surface area contributed by atoms with Crippen LogP contribution >= 0.6 is 24.0 Å². The third kappa shape index (κ3) is 5.86. The minimum Gasteiger partial charge on any atom is -0.474 e. The molecular formula is C18H27IN6O. The van der Waals surface area contributed by atoms with Gasteiger partial charge in [0.05, 0.1) is 12.2 Å². The molecule has 1 fully saturated rings. The van der Waals surface area contributed by atoms with Crippen molar-refractivity contribution in [3.63, 3.8) is 0 Å². The maximum atomic E-state index is 5.96. The average molecular weight is 470 g/mol. The fraction of sp³-hybridized carbons (Fsp3) is 0.500. The van der Waals surface area contributed by atoms with Gasteiger partial charge in [0.25, 0.3) is 0 Å². The van der Waals surface area contributed by atoms with Crippen LogP contribution < -0.4 is 15.4 Å². The molecule has 0 bridgehead atoms. The summed E-state index contributed by atoms with van der Waals surface area (Å²) in [6.45, 7) is 1.33. The zero-order valence-electron chi connectivity index (χ0n) is 15.3. The second kappa shape index (κ2) is 10.3. The molecule has 1 aliphatic rings. The van der Waals surface area contributed by atoms with Gasteiger partial charge in [-0.25, -0.2) is 4.98 Å². The van der Waals surface area contributed by atoms with Crippen LogP contribution in [-0.4, -0.2) is 33.9 Å². The second-order valence-electron chi connectivity index (χ2n) is 6.25. The number of pyridine rings is 1. The fourth-order valence-corrected chi connectivity index (χ4v) is 2.96. The van der Waals surface area contributed by atoms with Crippen molar-refractivity contribution >= 4 is 29.9 Å². The van der Waals surface area contributed by atoms with E-state index in [-0.39, 0.29) is 24.0 Å². The molecule has 1 saturated carbocycles. The Kier molecular flexibility index (Phi) is 8.14. The van der Waals surface area contributed by atoms with Gasteiger partial charge in [0, 0.05) is 39.1 Å². The number of hydrogen-bond donors (Lipinski definition) is 2. The van der Waals surface area contributed by atoms with Crippen molar-refractivity contribution in [2.45, 2.75) is 44.9 Å². The highest BCUT2D eigenvalue weighted by atomic mass is 127. The molecule has 2 heterocycles. The lowest BCUT2D eigenvalue weighted by Crippen LogP contribution is -2.36. The highest BCUT2D eigenvalue weighted by molar-refractivity contribution is 14.0. The first-order valence-corrected chi connectivity index (χ1v) is 8.77. The molecule has 26 heavy (non-hydrogen) atoms. The summed E-state index contributed by atoms with van der Waals surface area (Å²) in [4.78, 5) is 8.58. The van der Waals surface area contributed by atoms with Crippen LogP contribution in [0.25, 0.3) is 0 Å². The van der Waals surface area contributed by atoms with E-state index in [1.165, 1.54) is 12.8 Å². The molecule has 0 aliphatic heterocycles. The highest BCUT2D eigenvalue weighted by Crippen LogP contribution is 2.23. The lowest BCUT2D eigenvalue weighted by Gasteiger charge is -2.14. The predicted molar refractivity (Wildman–Crippen MR) is 113 cm³/mol. The van der Waals surface area contributed by atoms with E-state index in [4.69, 9.17) is 4.74 Å². The van der Waals surface area contributed by atoms with Gasteiger partial charge in [-0.15, -0.1) is 24.0 Å². The van der Waals surface area contributed by atoms with E-state index in [1.54, 1.807) is 19.4 Å². The summed E-state index contributed by atoms with van der Waals surface area (Å²) >= 11 is 0. The van der Waals surface area contributed by atoms with E-state index in [1.807, 2.05) is 29.9 Å². The van der Waals surface area contributed by atoms with Gasteiger partial charge >= 0.3 is 0 Å². The topological polar surface area (TPSA) is 76.4 Å². The Morgan fingerprint density at radius 1 is 1.23 bits per heavy atom. The number of nitrogens with zero attached hydrogens (tertiary/aromatic N) is 4. The van der Waals surface area contributed by atoms with E-state index < -0.39 is 0 Å². The van der Waals surface area contributed by atoms with Crippen molar-refractivity contribution in [3.8, 4) is 5.88 Å². The molecule has 0 aromatic carbocycles. The molecule has 1 aliphatic carbocycles. The summed E-state index contributed by atoms with van der Waals surface area (Å²) in [5.74, 6) is 1.46. The number of ether oxygens (including phenoxy) is 1. The zero-order chi connectivity index (χ0) is 17.5. The van der Waals surface area contributed by atoms with Crippen LogP contribution in [0.2, 0.25) is 0 Å². The van der Waals surface area contributed by atoms with Crippen LogP contribution in [0.4, 0.5) is 0 Å². The molecule has 142 valence electrons. The number of guanidine groups is 1. The number of halogens is 1. The van der Waals surface area contributed by atoms with Crippen molar-refractivity contribution < 1.29 is 4.74 Å². The normalized spacial score (nSPS) is 14.8. The smallest absolute Gasteiger partial charge is 0.213 e. The Balaban J connectivity index is 0.00000243. The van der Waals surface area contributed by atoms with Crippen LogP contribution in [0.3, 0.4) is 0 Å². The molecule has 0 unspecified atom stereocenters. The minimum atomic E-state index is 0. The summed E-state index contributed by atoms with van der Waals surface area (Å²) in [5.41, 5.74) is 2.21. The van der Waals surface area contributed by atoms with Gasteiger partial charge in [0.1, 0.15) is 6.10 Å². The van der Waals surface area contributed by atoms with Crippen molar-refractivity contribution in [1.82, 2.24) is 25.4 Å². The summed E-state index contributed by atoms with van der Waals surface area (Å²) in [6.07, 6.45) is 8.69. The minimum absolute atomic E-state index is 0. The molecule has 2 aromatic rings. The van der Waals surface area contributed by atoms with Crippen molar-refractivity contribution in [2.24, 2.45) is 12.0 Å². The summed E-state index contributed by atoms with van der Waals surface area (Å²) in [6, 6.07) is 5.97.